The van der Waals surface area contributed by atoms with Crippen molar-refractivity contribution in [1.82, 2.24) is 5.32 Å². The minimum absolute atomic E-state index is 0.254. The Kier molecular flexibility index (Phi) is 30.4. The number of carbonyl (C=O) groups is 1. The van der Waals surface area contributed by atoms with Gasteiger partial charge in [0, 0.05) is 6.42 Å². The van der Waals surface area contributed by atoms with E-state index in [0.717, 1.165) is 51.4 Å². The molecule has 1 amide bonds. The van der Waals surface area contributed by atoms with E-state index in [2.05, 4.69) is 31.3 Å². The van der Waals surface area contributed by atoms with Crippen molar-refractivity contribution < 1.29 is 22.9 Å². The third-order valence-electron chi connectivity index (χ3n) is 8.47. The van der Waals surface area contributed by atoms with Gasteiger partial charge in [-0.2, -0.15) is 8.42 Å². The molecule has 256 valence electrons. The lowest BCUT2D eigenvalue weighted by molar-refractivity contribution is -0.122. The second-order valence-corrected chi connectivity index (χ2v) is 14.4. The monoisotopic (exact) mass is 630 g/mol. The minimum atomic E-state index is -4.30. The molecule has 0 fully saturated rings. The molecule has 0 aliphatic rings. The Labute approximate surface area is 267 Å². The number of carbonyl (C=O) groups excluding carboxylic acids is 1. The normalized spacial score (nSPS) is 13.5. The number of unbranched alkanes of at least 4 members (excludes halogenated alkanes) is 23. The quantitative estimate of drug-likeness (QED) is 0.0381. The zero-order valence-corrected chi connectivity index (χ0v) is 29.2. The zero-order valence-electron chi connectivity index (χ0n) is 28.3. The standard InChI is InChI=1S/C36H71NO5S/c1-3-5-7-9-11-13-15-17-18-20-21-23-25-27-29-31-35(38)34(33-43(40,41)42)37-36(39)32-30-28-26-24-22-19-16-14-12-10-8-6-4-2/h14,16,34-35,38H,3-13,15,17-33H2,1-2H3,(H,37,39)(H,40,41,42)/b16-14-. The van der Waals surface area contributed by atoms with Gasteiger partial charge in [-0.25, -0.2) is 0 Å². The Morgan fingerprint density at radius 2 is 0.977 bits per heavy atom. The van der Waals surface area contributed by atoms with Gasteiger partial charge in [0.1, 0.15) is 0 Å². The maximum absolute atomic E-state index is 12.5. The summed E-state index contributed by atoms with van der Waals surface area (Å²) < 4.78 is 32.4. The topological polar surface area (TPSA) is 104 Å². The van der Waals surface area contributed by atoms with Crippen molar-refractivity contribution >= 4 is 16.0 Å². The first-order valence-corrected chi connectivity index (χ1v) is 20.0. The summed E-state index contributed by atoms with van der Waals surface area (Å²) in [6.07, 6.45) is 35.8. The number of rotatable bonds is 33. The van der Waals surface area contributed by atoms with Crippen LogP contribution in [0.2, 0.25) is 0 Å². The van der Waals surface area contributed by atoms with E-state index < -0.39 is 28.0 Å². The van der Waals surface area contributed by atoms with Crippen LogP contribution in [0.1, 0.15) is 194 Å². The van der Waals surface area contributed by atoms with Crippen LogP contribution in [0.25, 0.3) is 0 Å². The summed E-state index contributed by atoms with van der Waals surface area (Å²) in [6, 6.07) is -0.970. The Morgan fingerprint density at radius 3 is 1.42 bits per heavy atom. The first-order valence-electron chi connectivity index (χ1n) is 18.4. The van der Waals surface area contributed by atoms with Crippen molar-refractivity contribution in [2.24, 2.45) is 0 Å². The Bertz CT molecular complexity index is 740. The van der Waals surface area contributed by atoms with Crippen molar-refractivity contribution in [3.63, 3.8) is 0 Å². The van der Waals surface area contributed by atoms with Crippen LogP contribution < -0.4 is 5.32 Å². The SMILES string of the molecule is CCCCCC/C=C\CCCCCCCC(=O)NC(CS(=O)(=O)O)C(O)CCCCCCCCCCCCCCCCC. The molecule has 0 aromatic rings. The summed E-state index contributed by atoms with van der Waals surface area (Å²) >= 11 is 0. The molecular weight excluding hydrogens is 558 g/mol. The summed E-state index contributed by atoms with van der Waals surface area (Å²) in [7, 11) is -4.30. The molecule has 0 heterocycles. The van der Waals surface area contributed by atoms with Crippen molar-refractivity contribution in [1.29, 1.82) is 0 Å². The van der Waals surface area contributed by atoms with E-state index in [-0.39, 0.29) is 5.91 Å². The molecule has 3 N–H and O–H groups in total. The van der Waals surface area contributed by atoms with Gasteiger partial charge in [-0.05, 0) is 38.5 Å². The van der Waals surface area contributed by atoms with Gasteiger partial charge in [0.25, 0.3) is 10.1 Å². The fourth-order valence-corrected chi connectivity index (χ4v) is 6.44. The summed E-state index contributed by atoms with van der Waals surface area (Å²) in [4.78, 5) is 12.5. The summed E-state index contributed by atoms with van der Waals surface area (Å²) in [5, 5.41) is 13.3. The average Bonchev–Trinajstić information content (AvgIpc) is 2.96. The summed E-state index contributed by atoms with van der Waals surface area (Å²) in [5.41, 5.74) is 0. The lowest BCUT2D eigenvalue weighted by Gasteiger charge is -2.23. The van der Waals surface area contributed by atoms with Crippen molar-refractivity contribution in [3.05, 3.63) is 12.2 Å². The smallest absolute Gasteiger partial charge is 0.266 e. The molecule has 0 spiro atoms. The number of aliphatic hydroxyl groups is 1. The van der Waals surface area contributed by atoms with Crippen molar-refractivity contribution in [2.75, 3.05) is 5.75 Å². The molecule has 0 aromatic carbocycles. The van der Waals surface area contributed by atoms with Crippen LogP contribution in [0.5, 0.6) is 0 Å². The molecule has 0 rings (SSSR count). The highest BCUT2D eigenvalue weighted by Gasteiger charge is 2.26. The van der Waals surface area contributed by atoms with Crippen LogP contribution in [0, 0.1) is 0 Å². The minimum Gasteiger partial charge on any atom is -0.391 e. The van der Waals surface area contributed by atoms with Gasteiger partial charge >= 0.3 is 0 Å². The average molecular weight is 630 g/mol. The van der Waals surface area contributed by atoms with E-state index in [0.29, 0.717) is 12.8 Å². The van der Waals surface area contributed by atoms with Crippen LogP contribution in [0.4, 0.5) is 0 Å². The molecule has 6 nitrogen and oxygen atoms in total. The maximum Gasteiger partial charge on any atom is 0.266 e. The molecule has 0 saturated heterocycles. The molecule has 7 heteroatoms. The molecule has 0 aromatic heterocycles. The molecule has 0 radical (unpaired) electrons. The molecule has 0 aliphatic heterocycles. The lowest BCUT2D eigenvalue weighted by atomic mass is 10.0. The van der Waals surface area contributed by atoms with Crippen LogP contribution in [0.15, 0.2) is 12.2 Å². The van der Waals surface area contributed by atoms with Crippen LogP contribution in [-0.2, 0) is 14.9 Å². The Hall–Kier alpha value is -0.920. The van der Waals surface area contributed by atoms with Gasteiger partial charge in [-0.15, -0.1) is 0 Å². The van der Waals surface area contributed by atoms with Gasteiger partial charge < -0.3 is 10.4 Å². The predicted molar refractivity (Wildman–Crippen MR) is 184 cm³/mol. The number of amides is 1. The zero-order chi connectivity index (χ0) is 31.9. The second-order valence-electron chi connectivity index (χ2n) is 12.9. The first kappa shape index (κ1) is 42.1. The number of allylic oxidation sites excluding steroid dienone is 2. The van der Waals surface area contributed by atoms with E-state index >= 15 is 0 Å². The molecule has 0 bridgehead atoms. The third-order valence-corrected chi connectivity index (χ3v) is 9.25. The second kappa shape index (κ2) is 31.1. The number of hydrogen-bond acceptors (Lipinski definition) is 4. The molecule has 2 atom stereocenters. The highest BCUT2D eigenvalue weighted by atomic mass is 32.2. The third kappa shape index (κ3) is 32.3. The fourth-order valence-electron chi connectivity index (χ4n) is 5.68. The highest BCUT2D eigenvalue weighted by Crippen LogP contribution is 2.15. The fraction of sp³-hybridized carbons (Fsp3) is 0.917. The Morgan fingerprint density at radius 1 is 0.605 bits per heavy atom. The summed E-state index contributed by atoms with van der Waals surface area (Å²) in [6.45, 7) is 4.49. The van der Waals surface area contributed by atoms with Gasteiger partial charge in [0.15, 0.2) is 0 Å². The van der Waals surface area contributed by atoms with E-state index in [9.17, 15) is 22.9 Å². The van der Waals surface area contributed by atoms with E-state index in [1.807, 2.05) is 0 Å². The van der Waals surface area contributed by atoms with Gasteiger partial charge in [0.05, 0.1) is 17.9 Å². The molecule has 0 aliphatic carbocycles. The number of hydrogen-bond donors (Lipinski definition) is 3. The number of nitrogens with one attached hydrogen (secondary N) is 1. The molecule has 2 unspecified atom stereocenters. The van der Waals surface area contributed by atoms with Crippen molar-refractivity contribution in [2.45, 2.75) is 206 Å². The van der Waals surface area contributed by atoms with E-state index in [1.54, 1.807) is 0 Å². The maximum atomic E-state index is 12.5. The molecule has 43 heavy (non-hydrogen) atoms. The largest absolute Gasteiger partial charge is 0.391 e. The van der Waals surface area contributed by atoms with Crippen LogP contribution in [0.3, 0.4) is 0 Å². The molecule has 0 saturated carbocycles. The summed E-state index contributed by atoms with van der Waals surface area (Å²) in [5.74, 6) is -0.902. The lowest BCUT2D eigenvalue weighted by Crippen LogP contribution is -2.47. The van der Waals surface area contributed by atoms with E-state index in [1.165, 1.54) is 116 Å². The van der Waals surface area contributed by atoms with Gasteiger partial charge in [-0.1, -0.05) is 161 Å². The van der Waals surface area contributed by atoms with Crippen LogP contribution in [-0.4, -0.2) is 41.9 Å². The predicted octanol–water partition coefficient (Wildman–Crippen LogP) is 10.2. The van der Waals surface area contributed by atoms with E-state index in [4.69, 9.17) is 0 Å². The van der Waals surface area contributed by atoms with Gasteiger partial charge in [0.2, 0.25) is 5.91 Å². The number of aliphatic hydroxyl groups excluding tert-OH is 1. The first-order chi connectivity index (χ1) is 20.8. The Balaban J connectivity index is 3.92. The molecular formula is C36H71NO5S. The van der Waals surface area contributed by atoms with Gasteiger partial charge in [-0.3, -0.25) is 9.35 Å². The highest BCUT2D eigenvalue weighted by molar-refractivity contribution is 7.85. The van der Waals surface area contributed by atoms with Crippen LogP contribution >= 0.6 is 0 Å². The van der Waals surface area contributed by atoms with Crippen molar-refractivity contribution in [3.8, 4) is 0 Å².